The molecule has 0 unspecified atom stereocenters. The molecule has 1 aromatic rings. The van der Waals surface area contributed by atoms with Crippen molar-refractivity contribution >= 4 is 11.6 Å². The number of anilines is 1. The Bertz CT molecular complexity index is 353. The molecule has 16 heavy (non-hydrogen) atoms. The summed E-state index contributed by atoms with van der Waals surface area (Å²) in [6, 6.07) is 6.49. The van der Waals surface area contributed by atoms with Gasteiger partial charge in [-0.1, -0.05) is 26.0 Å². The third-order valence-electron chi connectivity index (χ3n) is 2.05. The maximum atomic E-state index is 13.2. The third kappa shape index (κ3) is 4.40. The number of halogens is 1. The van der Waals surface area contributed by atoms with E-state index >= 15 is 0 Å². The van der Waals surface area contributed by atoms with Crippen LogP contribution in [-0.4, -0.2) is 18.5 Å². The Morgan fingerprint density at radius 2 is 2.06 bits per heavy atom. The van der Waals surface area contributed by atoms with E-state index in [0.717, 1.165) is 0 Å². The molecule has 1 rings (SSSR count). The van der Waals surface area contributed by atoms with Crippen molar-refractivity contribution in [2.75, 3.05) is 11.9 Å². The maximum Gasteiger partial charge on any atom is 0.225 e. The number of hydrogen-bond acceptors (Lipinski definition) is 2. The first-order valence-electron chi connectivity index (χ1n) is 5.37. The van der Waals surface area contributed by atoms with Crippen LogP contribution in [0.15, 0.2) is 24.3 Å². The average molecular weight is 224 g/mol. The van der Waals surface area contributed by atoms with Crippen LogP contribution < -0.4 is 10.6 Å². The number of benzene rings is 1. The second-order valence-corrected chi connectivity index (χ2v) is 3.89. The molecule has 0 aromatic heterocycles. The number of amides is 1. The number of rotatable bonds is 5. The number of nitrogens with one attached hydrogen (secondary N) is 2. The van der Waals surface area contributed by atoms with E-state index in [0.29, 0.717) is 19.0 Å². The number of carbonyl (C=O) groups is 1. The van der Waals surface area contributed by atoms with E-state index in [1.54, 1.807) is 18.2 Å². The lowest BCUT2D eigenvalue weighted by Crippen LogP contribution is -2.27. The number of para-hydroxylation sites is 1. The summed E-state index contributed by atoms with van der Waals surface area (Å²) in [5.74, 6) is -0.592. The first-order chi connectivity index (χ1) is 7.59. The lowest BCUT2D eigenvalue weighted by Gasteiger charge is -2.08. The molecular formula is C12H17FN2O. The SMILES string of the molecule is CC(C)NCCC(=O)Nc1ccccc1F. The van der Waals surface area contributed by atoms with Crippen LogP contribution in [0.25, 0.3) is 0 Å². The topological polar surface area (TPSA) is 41.1 Å². The number of hydrogen-bond donors (Lipinski definition) is 2. The van der Waals surface area contributed by atoms with Crippen molar-refractivity contribution in [3.63, 3.8) is 0 Å². The molecule has 0 spiro atoms. The predicted molar refractivity (Wildman–Crippen MR) is 62.8 cm³/mol. The second-order valence-electron chi connectivity index (χ2n) is 3.89. The molecule has 4 heteroatoms. The van der Waals surface area contributed by atoms with E-state index < -0.39 is 5.82 Å². The van der Waals surface area contributed by atoms with Crippen molar-refractivity contribution in [3.8, 4) is 0 Å². The second kappa shape index (κ2) is 6.23. The molecule has 0 saturated heterocycles. The van der Waals surface area contributed by atoms with Crippen LogP contribution in [-0.2, 0) is 4.79 Å². The van der Waals surface area contributed by atoms with Crippen LogP contribution in [0.2, 0.25) is 0 Å². The molecule has 0 bridgehead atoms. The zero-order valence-corrected chi connectivity index (χ0v) is 9.59. The van der Waals surface area contributed by atoms with E-state index in [9.17, 15) is 9.18 Å². The standard InChI is InChI=1S/C12H17FN2O/c1-9(2)14-8-7-12(16)15-11-6-4-3-5-10(11)13/h3-6,9,14H,7-8H2,1-2H3,(H,15,16). The van der Waals surface area contributed by atoms with Gasteiger partial charge >= 0.3 is 0 Å². The van der Waals surface area contributed by atoms with Crippen LogP contribution in [0.4, 0.5) is 10.1 Å². The van der Waals surface area contributed by atoms with E-state index in [2.05, 4.69) is 10.6 Å². The molecule has 0 heterocycles. The van der Waals surface area contributed by atoms with Crippen molar-refractivity contribution in [2.45, 2.75) is 26.3 Å². The van der Waals surface area contributed by atoms with Gasteiger partial charge in [0.15, 0.2) is 0 Å². The first kappa shape index (κ1) is 12.6. The summed E-state index contributed by atoms with van der Waals surface area (Å²) < 4.78 is 13.2. The summed E-state index contributed by atoms with van der Waals surface area (Å²) in [5.41, 5.74) is 0.233. The predicted octanol–water partition coefficient (Wildman–Crippen LogP) is 2.15. The highest BCUT2D eigenvalue weighted by Gasteiger charge is 2.05. The van der Waals surface area contributed by atoms with Crippen molar-refractivity contribution in [3.05, 3.63) is 30.1 Å². The Morgan fingerprint density at radius 1 is 1.38 bits per heavy atom. The summed E-state index contributed by atoms with van der Waals surface area (Å²) in [6.45, 7) is 4.61. The Morgan fingerprint density at radius 3 is 2.69 bits per heavy atom. The van der Waals surface area contributed by atoms with E-state index in [1.165, 1.54) is 6.07 Å². The minimum atomic E-state index is -0.410. The Labute approximate surface area is 95.0 Å². The fourth-order valence-corrected chi connectivity index (χ4v) is 1.25. The summed E-state index contributed by atoms with van der Waals surface area (Å²) in [4.78, 5) is 11.4. The van der Waals surface area contributed by atoms with Crippen LogP contribution in [0.3, 0.4) is 0 Å². The van der Waals surface area contributed by atoms with Gasteiger partial charge in [0, 0.05) is 19.0 Å². The molecule has 1 amide bonds. The minimum absolute atomic E-state index is 0.182. The van der Waals surface area contributed by atoms with Gasteiger partial charge in [-0.05, 0) is 12.1 Å². The van der Waals surface area contributed by atoms with E-state index in [-0.39, 0.29) is 11.6 Å². The normalized spacial score (nSPS) is 10.5. The van der Waals surface area contributed by atoms with Gasteiger partial charge in [-0.3, -0.25) is 4.79 Å². The van der Waals surface area contributed by atoms with Crippen LogP contribution in [0, 0.1) is 5.82 Å². The molecule has 0 saturated carbocycles. The summed E-state index contributed by atoms with van der Waals surface area (Å²) in [6.07, 6.45) is 0.340. The van der Waals surface area contributed by atoms with Crippen LogP contribution >= 0.6 is 0 Å². The van der Waals surface area contributed by atoms with Crippen molar-refractivity contribution in [2.24, 2.45) is 0 Å². The molecule has 88 valence electrons. The largest absolute Gasteiger partial charge is 0.324 e. The highest BCUT2D eigenvalue weighted by Crippen LogP contribution is 2.12. The molecule has 0 radical (unpaired) electrons. The van der Waals surface area contributed by atoms with Crippen molar-refractivity contribution in [1.29, 1.82) is 0 Å². The highest BCUT2D eigenvalue weighted by atomic mass is 19.1. The molecule has 0 aliphatic carbocycles. The Balaban J connectivity index is 2.37. The summed E-state index contributed by atoms with van der Waals surface area (Å²) in [7, 11) is 0. The van der Waals surface area contributed by atoms with Crippen molar-refractivity contribution in [1.82, 2.24) is 5.32 Å². The van der Waals surface area contributed by atoms with Gasteiger partial charge in [-0.2, -0.15) is 0 Å². The molecular weight excluding hydrogens is 207 g/mol. The van der Waals surface area contributed by atoms with Crippen molar-refractivity contribution < 1.29 is 9.18 Å². The molecule has 0 atom stereocenters. The summed E-state index contributed by atoms with van der Waals surface area (Å²) >= 11 is 0. The van der Waals surface area contributed by atoms with Gasteiger partial charge < -0.3 is 10.6 Å². The smallest absolute Gasteiger partial charge is 0.225 e. The lowest BCUT2D eigenvalue weighted by molar-refractivity contribution is -0.116. The van der Waals surface area contributed by atoms with Gasteiger partial charge in [0.25, 0.3) is 0 Å². The molecule has 0 fully saturated rings. The minimum Gasteiger partial charge on any atom is -0.324 e. The van der Waals surface area contributed by atoms with Gasteiger partial charge in [-0.25, -0.2) is 4.39 Å². The van der Waals surface area contributed by atoms with E-state index in [1.807, 2.05) is 13.8 Å². The van der Waals surface area contributed by atoms with Gasteiger partial charge in [0.05, 0.1) is 5.69 Å². The summed E-state index contributed by atoms with van der Waals surface area (Å²) in [5, 5.41) is 5.65. The van der Waals surface area contributed by atoms with Gasteiger partial charge in [0.1, 0.15) is 5.82 Å². The fraction of sp³-hybridized carbons (Fsp3) is 0.417. The van der Waals surface area contributed by atoms with Gasteiger partial charge in [0.2, 0.25) is 5.91 Å². The maximum absolute atomic E-state index is 13.2. The quantitative estimate of drug-likeness (QED) is 0.804. The molecule has 3 nitrogen and oxygen atoms in total. The molecule has 0 aliphatic rings. The zero-order valence-electron chi connectivity index (χ0n) is 9.59. The average Bonchev–Trinajstić information content (AvgIpc) is 2.21. The fourth-order valence-electron chi connectivity index (χ4n) is 1.25. The molecule has 0 aliphatic heterocycles. The monoisotopic (exact) mass is 224 g/mol. The van der Waals surface area contributed by atoms with E-state index in [4.69, 9.17) is 0 Å². The number of carbonyl (C=O) groups excluding carboxylic acids is 1. The Kier molecular flexibility index (Phi) is 4.92. The van der Waals surface area contributed by atoms with Gasteiger partial charge in [-0.15, -0.1) is 0 Å². The van der Waals surface area contributed by atoms with Crippen LogP contribution in [0.5, 0.6) is 0 Å². The molecule has 2 N–H and O–H groups in total. The van der Waals surface area contributed by atoms with Crippen LogP contribution in [0.1, 0.15) is 20.3 Å². The Hall–Kier alpha value is -1.42. The highest BCUT2D eigenvalue weighted by molar-refractivity contribution is 5.90. The molecule has 1 aromatic carbocycles. The zero-order chi connectivity index (χ0) is 12.0. The first-order valence-corrected chi connectivity index (χ1v) is 5.37. The third-order valence-corrected chi connectivity index (χ3v) is 2.05. The lowest BCUT2D eigenvalue weighted by atomic mass is 10.3.